The molecule has 7 heteroatoms. The Labute approximate surface area is 132 Å². The third kappa shape index (κ3) is 4.26. The van der Waals surface area contributed by atoms with Gasteiger partial charge in [-0.25, -0.2) is 8.42 Å². The fourth-order valence-corrected chi connectivity index (χ4v) is 4.25. The Morgan fingerprint density at radius 3 is 2.16 bits per heavy atom. The monoisotopic (exact) mass is 412 g/mol. The predicted molar refractivity (Wildman–Crippen MR) is 84.9 cm³/mol. The highest BCUT2D eigenvalue weighted by Gasteiger charge is 2.24. The van der Waals surface area contributed by atoms with E-state index in [9.17, 15) is 8.42 Å². The van der Waals surface area contributed by atoms with Crippen molar-refractivity contribution in [3.8, 4) is 0 Å². The molecule has 0 saturated carbocycles. The summed E-state index contributed by atoms with van der Waals surface area (Å²) in [7, 11) is 1.95. The van der Waals surface area contributed by atoms with E-state index in [1.807, 2.05) is 25.9 Å². The first-order valence-electron chi connectivity index (χ1n) is 5.73. The van der Waals surface area contributed by atoms with E-state index < -0.39 is 10.0 Å². The van der Waals surface area contributed by atoms with Crippen molar-refractivity contribution < 1.29 is 8.42 Å². The van der Waals surface area contributed by atoms with Crippen LogP contribution in [0.5, 0.6) is 0 Å². The van der Waals surface area contributed by atoms with E-state index in [0.29, 0.717) is 17.6 Å². The van der Waals surface area contributed by atoms with Crippen molar-refractivity contribution >= 4 is 41.9 Å². The van der Waals surface area contributed by atoms with Crippen molar-refractivity contribution in [2.75, 3.05) is 34.2 Å². The van der Waals surface area contributed by atoms with E-state index in [0.717, 1.165) is 10.0 Å². The third-order valence-corrected chi connectivity index (χ3v) is 6.43. The highest BCUT2D eigenvalue weighted by atomic mass is 79.9. The van der Waals surface area contributed by atoms with Gasteiger partial charge in [0.1, 0.15) is 0 Å². The number of nitrogens with zero attached hydrogens (tertiary/aromatic N) is 2. The van der Waals surface area contributed by atoms with Gasteiger partial charge < -0.3 is 4.90 Å². The number of hydrogen-bond donors (Lipinski definition) is 0. The van der Waals surface area contributed by atoms with Crippen LogP contribution in [-0.4, -0.2) is 51.9 Å². The summed E-state index contributed by atoms with van der Waals surface area (Å²) in [6, 6.07) is 3.44. The van der Waals surface area contributed by atoms with Crippen LogP contribution < -0.4 is 0 Å². The molecule has 0 aliphatic rings. The minimum absolute atomic E-state index is 0.284. The molecule has 4 nitrogen and oxygen atoms in total. The van der Waals surface area contributed by atoms with Crippen LogP contribution >= 0.6 is 31.9 Å². The van der Waals surface area contributed by atoms with Gasteiger partial charge in [0.05, 0.1) is 4.90 Å². The second-order valence-electron chi connectivity index (χ2n) is 4.66. The van der Waals surface area contributed by atoms with Crippen LogP contribution in [0.4, 0.5) is 0 Å². The molecule has 0 unspecified atom stereocenters. The zero-order valence-electron chi connectivity index (χ0n) is 11.4. The van der Waals surface area contributed by atoms with Crippen LogP contribution in [0.2, 0.25) is 0 Å². The molecule has 0 N–H and O–H groups in total. The summed E-state index contributed by atoms with van der Waals surface area (Å²) >= 11 is 6.70. The summed E-state index contributed by atoms with van der Waals surface area (Å²) in [5.74, 6) is 0. The molecule has 0 atom stereocenters. The molecule has 19 heavy (non-hydrogen) atoms. The molecule has 0 aromatic heterocycles. The quantitative estimate of drug-likeness (QED) is 0.744. The molecule has 1 aromatic rings. The van der Waals surface area contributed by atoms with Crippen molar-refractivity contribution in [2.45, 2.75) is 11.8 Å². The molecular formula is C12H18Br2N2O2S. The van der Waals surface area contributed by atoms with Gasteiger partial charge in [-0.15, -0.1) is 0 Å². The zero-order valence-corrected chi connectivity index (χ0v) is 15.4. The van der Waals surface area contributed by atoms with Gasteiger partial charge in [0, 0.05) is 29.1 Å². The molecule has 0 spiro atoms. The zero-order chi connectivity index (χ0) is 14.8. The van der Waals surface area contributed by atoms with Crippen molar-refractivity contribution in [1.29, 1.82) is 0 Å². The van der Waals surface area contributed by atoms with E-state index >= 15 is 0 Å². The number of rotatable bonds is 5. The summed E-state index contributed by atoms with van der Waals surface area (Å²) in [5.41, 5.74) is 0.988. The largest absolute Gasteiger partial charge is 0.308 e. The summed E-state index contributed by atoms with van der Waals surface area (Å²) in [5, 5.41) is 0. The fraction of sp³-hybridized carbons (Fsp3) is 0.500. The Kier molecular flexibility index (Phi) is 6.00. The van der Waals surface area contributed by atoms with Gasteiger partial charge in [-0.1, -0.05) is 15.9 Å². The van der Waals surface area contributed by atoms with Gasteiger partial charge in [0.2, 0.25) is 10.0 Å². The third-order valence-electron chi connectivity index (χ3n) is 2.76. The lowest BCUT2D eigenvalue weighted by molar-refractivity contribution is 0.358. The van der Waals surface area contributed by atoms with Gasteiger partial charge >= 0.3 is 0 Å². The normalized spacial score (nSPS) is 12.4. The first-order chi connectivity index (χ1) is 8.66. The molecule has 0 radical (unpaired) electrons. The summed E-state index contributed by atoms with van der Waals surface area (Å²) in [4.78, 5) is 2.23. The number of benzene rings is 1. The molecule has 0 heterocycles. The number of hydrogen-bond acceptors (Lipinski definition) is 3. The maximum atomic E-state index is 12.5. The Bertz CT molecular complexity index is 559. The van der Waals surface area contributed by atoms with E-state index in [4.69, 9.17) is 0 Å². The van der Waals surface area contributed by atoms with Crippen molar-refractivity contribution in [3.05, 3.63) is 26.6 Å². The minimum atomic E-state index is -3.47. The Morgan fingerprint density at radius 1 is 1.05 bits per heavy atom. The van der Waals surface area contributed by atoms with Crippen LogP contribution in [0.25, 0.3) is 0 Å². The van der Waals surface area contributed by atoms with Crippen LogP contribution in [0.3, 0.4) is 0 Å². The van der Waals surface area contributed by atoms with E-state index in [2.05, 4.69) is 31.9 Å². The molecular weight excluding hydrogens is 396 g/mol. The fourth-order valence-electron chi connectivity index (χ4n) is 1.45. The topological polar surface area (TPSA) is 40.6 Å². The summed E-state index contributed by atoms with van der Waals surface area (Å²) in [6.07, 6.45) is 0. The lowest BCUT2D eigenvalue weighted by Crippen LogP contribution is -2.33. The highest BCUT2D eigenvalue weighted by Crippen LogP contribution is 2.30. The standard InChI is InChI=1S/C12H18Br2N2O2S/c1-9-7-11(14)12(8-10(9)13)19(17,18)16(4)6-5-15(2)3/h7-8H,5-6H2,1-4H3. The van der Waals surface area contributed by atoms with Crippen molar-refractivity contribution in [3.63, 3.8) is 0 Å². The highest BCUT2D eigenvalue weighted by molar-refractivity contribution is 9.11. The van der Waals surface area contributed by atoms with Crippen LogP contribution in [0.15, 0.2) is 26.0 Å². The average Bonchev–Trinajstić information content (AvgIpc) is 2.30. The smallest absolute Gasteiger partial charge is 0.244 e. The van der Waals surface area contributed by atoms with Gasteiger partial charge in [-0.2, -0.15) is 4.31 Å². The Morgan fingerprint density at radius 2 is 1.63 bits per heavy atom. The first-order valence-corrected chi connectivity index (χ1v) is 8.75. The van der Waals surface area contributed by atoms with Crippen LogP contribution in [-0.2, 0) is 10.0 Å². The molecule has 0 aliphatic carbocycles. The van der Waals surface area contributed by atoms with Crippen molar-refractivity contribution in [1.82, 2.24) is 9.21 Å². The maximum absolute atomic E-state index is 12.5. The molecule has 0 fully saturated rings. The minimum Gasteiger partial charge on any atom is -0.308 e. The number of sulfonamides is 1. The molecule has 0 amide bonds. The van der Waals surface area contributed by atoms with E-state index in [1.165, 1.54) is 4.31 Å². The lowest BCUT2D eigenvalue weighted by Gasteiger charge is -2.20. The number of likely N-dealkylation sites (N-methyl/N-ethyl adjacent to an activating group) is 2. The average molecular weight is 414 g/mol. The number of halogens is 2. The number of aryl methyl sites for hydroxylation is 1. The second-order valence-corrected chi connectivity index (χ2v) is 8.38. The molecule has 1 rings (SSSR count). The van der Waals surface area contributed by atoms with Gasteiger partial charge in [-0.05, 0) is 54.6 Å². The van der Waals surface area contributed by atoms with Gasteiger partial charge in [0.15, 0.2) is 0 Å². The molecule has 0 saturated heterocycles. The first kappa shape index (κ1) is 17.1. The van der Waals surface area contributed by atoms with Crippen molar-refractivity contribution in [2.24, 2.45) is 0 Å². The van der Waals surface area contributed by atoms with Crippen LogP contribution in [0.1, 0.15) is 5.56 Å². The van der Waals surface area contributed by atoms with E-state index in [1.54, 1.807) is 19.2 Å². The van der Waals surface area contributed by atoms with E-state index in [-0.39, 0.29) is 4.90 Å². The lowest BCUT2D eigenvalue weighted by atomic mass is 10.2. The Balaban J connectivity index is 3.10. The second kappa shape index (κ2) is 6.67. The predicted octanol–water partition coefficient (Wildman–Crippen LogP) is 2.70. The van der Waals surface area contributed by atoms with Gasteiger partial charge in [-0.3, -0.25) is 0 Å². The Hall–Kier alpha value is 0.0500. The molecule has 1 aromatic carbocycles. The maximum Gasteiger partial charge on any atom is 0.244 e. The molecule has 0 aliphatic heterocycles. The van der Waals surface area contributed by atoms with Gasteiger partial charge in [0.25, 0.3) is 0 Å². The molecule has 108 valence electrons. The summed E-state index contributed by atoms with van der Waals surface area (Å²) < 4.78 is 27.7. The van der Waals surface area contributed by atoms with Crippen LogP contribution in [0, 0.1) is 6.92 Å². The molecule has 0 bridgehead atoms. The summed E-state index contributed by atoms with van der Waals surface area (Å²) in [6.45, 7) is 3.05. The SMILES string of the molecule is Cc1cc(Br)c(S(=O)(=O)N(C)CCN(C)C)cc1Br.